The fourth-order valence-corrected chi connectivity index (χ4v) is 2.57. The Morgan fingerprint density at radius 3 is 2.70 bits per heavy atom. The fourth-order valence-electron chi connectivity index (χ4n) is 1.78. The number of hydrogen-bond acceptors (Lipinski definition) is 4. The van der Waals surface area contributed by atoms with Crippen LogP contribution in [0.15, 0.2) is 53.4 Å². The fraction of sp³-hybridized carbons (Fsp3) is 0.188. The molecule has 0 aliphatic carbocycles. The molecule has 0 atom stereocenters. The Balaban J connectivity index is 1.87. The van der Waals surface area contributed by atoms with Gasteiger partial charge in [0.25, 0.3) is 0 Å². The van der Waals surface area contributed by atoms with Crippen LogP contribution in [-0.4, -0.2) is 19.4 Å². The van der Waals surface area contributed by atoms with Crippen LogP contribution in [0.3, 0.4) is 0 Å². The second-order valence-corrected chi connectivity index (χ2v) is 5.28. The van der Waals surface area contributed by atoms with Gasteiger partial charge in [0.2, 0.25) is 0 Å². The maximum atomic E-state index is 8.86. The topological polar surface area (TPSA) is 45.0 Å². The first-order chi connectivity index (χ1) is 9.83. The highest BCUT2D eigenvalue weighted by atomic mass is 32.2. The van der Waals surface area contributed by atoms with Crippen molar-refractivity contribution in [2.75, 3.05) is 24.7 Å². The summed E-state index contributed by atoms with van der Waals surface area (Å²) in [4.78, 5) is 1.26. The molecule has 0 spiro atoms. The van der Waals surface area contributed by atoms with Crippen LogP contribution in [0, 0.1) is 11.3 Å². The van der Waals surface area contributed by atoms with Gasteiger partial charge in [0.15, 0.2) is 0 Å². The average molecular weight is 284 g/mol. The zero-order valence-electron chi connectivity index (χ0n) is 11.3. The maximum Gasteiger partial charge on any atom is 0.143 e. The van der Waals surface area contributed by atoms with Crippen molar-refractivity contribution in [3.63, 3.8) is 0 Å². The van der Waals surface area contributed by atoms with E-state index < -0.39 is 0 Å². The summed E-state index contributed by atoms with van der Waals surface area (Å²) >= 11 is 1.81. The number of nitrogens with zero attached hydrogens (tertiary/aromatic N) is 1. The van der Waals surface area contributed by atoms with Crippen molar-refractivity contribution in [2.24, 2.45) is 0 Å². The number of benzene rings is 2. The Bertz CT molecular complexity index is 593. The molecule has 0 aliphatic heterocycles. The molecule has 0 aromatic heterocycles. The molecule has 0 fully saturated rings. The second-order valence-electron chi connectivity index (χ2n) is 4.12. The van der Waals surface area contributed by atoms with Crippen molar-refractivity contribution in [3.05, 3.63) is 54.1 Å². The number of anilines is 1. The van der Waals surface area contributed by atoms with E-state index in [9.17, 15) is 0 Å². The molecule has 0 saturated heterocycles. The first-order valence-corrected chi connectivity index (χ1v) is 7.32. The molecule has 0 unspecified atom stereocenters. The standard InChI is InChI=1S/C16H16N2OS/c1-19-16-11-13(12-17)7-8-15(16)18-9-10-20-14-5-3-2-4-6-14/h2-8,11,18H,9-10H2,1H3. The molecule has 2 aromatic carbocycles. The van der Waals surface area contributed by atoms with Crippen LogP contribution in [0.25, 0.3) is 0 Å². The third kappa shape index (κ3) is 3.94. The molecule has 3 nitrogen and oxygen atoms in total. The number of methoxy groups -OCH3 is 1. The van der Waals surface area contributed by atoms with Crippen LogP contribution in [-0.2, 0) is 0 Å². The number of nitriles is 1. The smallest absolute Gasteiger partial charge is 0.143 e. The van der Waals surface area contributed by atoms with E-state index in [1.54, 1.807) is 31.0 Å². The van der Waals surface area contributed by atoms with E-state index in [1.807, 2.05) is 24.3 Å². The minimum atomic E-state index is 0.603. The summed E-state index contributed by atoms with van der Waals surface area (Å²) in [6.45, 7) is 0.835. The summed E-state index contributed by atoms with van der Waals surface area (Å²) in [7, 11) is 1.61. The lowest BCUT2D eigenvalue weighted by atomic mass is 10.2. The SMILES string of the molecule is COc1cc(C#N)ccc1NCCSc1ccccc1. The summed E-state index contributed by atoms with van der Waals surface area (Å²) in [5.41, 5.74) is 1.52. The van der Waals surface area contributed by atoms with E-state index in [1.165, 1.54) is 4.90 Å². The number of rotatable bonds is 6. The van der Waals surface area contributed by atoms with Crippen LogP contribution in [0.5, 0.6) is 5.75 Å². The maximum absolute atomic E-state index is 8.86. The highest BCUT2D eigenvalue weighted by molar-refractivity contribution is 7.99. The monoisotopic (exact) mass is 284 g/mol. The van der Waals surface area contributed by atoms with Gasteiger partial charge in [-0.3, -0.25) is 0 Å². The second kappa shape index (κ2) is 7.46. The van der Waals surface area contributed by atoms with Gasteiger partial charge >= 0.3 is 0 Å². The number of thioether (sulfide) groups is 1. The molecule has 0 amide bonds. The normalized spacial score (nSPS) is 9.80. The summed E-state index contributed by atoms with van der Waals surface area (Å²) in [5.74, 6) is 1.67. The van der Waals surface area contributed by atoms with Crippen molar-refractivity contribution in [1.82, 2.24) is 0 Å². The molecule has 1 N–H and O–H groups in total. The minimum Gasteiger partial charge on any atom is -0.495 e. The molecule has 0 bridgehead atoms. The third-order valence-corrected chi connectivity index (χ3v) is 3.77. The predicted octanol–water partition coefficient (Wildman–Crippen LogP) is 3.77. The molecule has 2 aromatic rings. The van der Waals surface area contributed by atoms with Gasteiger partial charge in [0, 0.05) is 23.3 Å². The number of hydrogen-bond donors (Lipinski definition) is 1. The molecule has 0 radical (unpaired) electrons. The molecule has 0 aliphatic rings. The Morgan fingerprint density at radius 1 is 1.20 bits per heavy atom. The molecule has 2 rings (SSSR count). The minimum absolute atomic E-state index is 0.603. The van der Waals surface area contributed by atoms with Gasteiger partial charge in [-0.25, -0.2) is 0 Å². The molecule has 4 heteroatoms. The van der Waals surface area contributed by atoms with Gasteiger partial charge in [-0.2, -0.15) is 5.26 Å². The lowest BCUT2D eigenvalue weighted by Gasteiger charge is -2.11. The van der Waals surface area contributed by atoms with Crippen LogP contribution in [0.4, 0.5) is 5.69 Å². The van der Waals surface area contributed by atoms with Crippen molar-refractivity contribution < 1.29 is 4.74 Å². The van der Waals surface area contributed by atoms with Crippen LogP contribution >= 0.6 is 11.8 Å². The molecular weight excluding hydrogens is 268 g/mol. The Labute approximate surface area is 123 Å². The average Bonchev–Trinajstić information content (AvgIpc) is 2.52. The van der Waals surface area contributed by atoms with E-state index in [2.05, 4.69) is 23.5 Å². The molecular formula is C16H16N2OS. The van der Waals surface area contributed by atoms with Crippen molar-refractivity contribution in [2.45, 2.75) is 4.90 Å². The van der Waals surface area contributed by atoms with Crippen LogP contribution < -0.4 is 10.1 Å². The first-order valence-electron chi connectivity index (χ1n) is 6.33. The van der Waals surface area contributed by atoms with E-state index in [-0.39, 0.29) is 0 Å². The van der Waals surface area contributed by atoms with Crippen molar-refractivity contribution in [3.8, 4) is 11.8 Å². The molecule has 20 heavy (non-hydrogen) atoms. The van der Waals surface area contributed by atoms with Gasteiger partial charge in [-0.15, -0.1) is 11.8 Å². The van der Waals surface area contributed by atoms with Crippen LogP contribution in [0.1, 0.15) is 5.56 Å². The molecule has 0 saturated carbocycles. The van der Waals surface area contributed by atoms with E-state index in [0.29, 0.717) is 11.3 Å². The lowest BCUT2D eigenvalue weighted by Crippen LogP contribution is -2.05. The summed E-state index contributed by atoms with van der Waals surface area (Å²) in [6.07, 6.45) is 0. The van der Waals surface area contributed by atoms with Crippen LogP contribution in [0.2, 0.25) is 0 Å². The van der Waals surface area contributed by atoms with Gasteiger partial charge in [-0.05, 0) is 24.3 Å². The van der Waals surface area contributed by atoms with E-state index in [4.69, 9.17) is 10.00 Å². The Morgan fingerprint density at radius 2 is 2.00 bits per heavy atom. The quantitative estimate of drug-likeness (QED) is 0.648. The number of ether oxygens (including phenoxy) is 1. The zero-order chi connectivity index (χ0) is 14.2. The molecule has 102 valence electrons. The zero-order valence-corrected chi connectivity index (χ0v) is 12.1. The largest absolute Gasteiger partial charge is 0.495 e. The number of nitrogens with one attached hydrogen (secondary N) is 1. The van der Waals surface area contributed by atoms with E-state index >= 15 is 0 Å². The third-order valence-electron chi connectivity index (χ3n) is 2.76. The lowest BCUT2D eigenvalue weighted by molar-refractivity contribution is 0.416. The van der Waals surface area contributed by atoms with Gasteiger partial charge in [-0.1, -0.05) is 18.2 Å². The van der Waals surface area contributed by atoms with Gasteiger partial charge in [0.1, 0.15) is 5.75 Å². The Hall–Kier alpha value is -2.12. The summed E-state index contributed by atoms with van der Waals surface area (Å²) < 4.78 is 5.28. The van der Waals surface area contributed by atoms with Gasteiger partial charge < -0.3 is 10.1 Å². The highest BCUT2D eigenvalue weighted by Gasteiger charge is 2.03. The first kappa shape index (κ1) is 14.3. The van der Waals surface area contributed by atoms with Gasteiger partial charge in [0.05, 0.1) is 24.4 Å². The Kier molecular flexibility index (Phi) is 5.33. The van der Waals surface area contributed by atoms with Crippen molar-refractivity contribution >= 4 is 17.4 Å². The molecule has 0 heterocycles. The highest BCUT2D eigenvalue weighted by Crippen LogP contribution is 2.25. The summed E-state index contributed by atoms with van der Waals surface area (Å²) in [6, 6.07) is 17.8. The van der Waals surface area contributed by atoms with Crippen molar-refractivity contribution in [1.29, 1.82) is 5.26 Å². The summed E-state index contributed by atoms with van der Waals surface area (Å²) in [5, 5.41) is 12.2. The van der Waals surface area contributed by atoms with E-state index in [0.717, 1.165) is 18.0 Å². The predicted molar refractivity (Wildman–Crippen MR) is 83.4 cm³/mol.